The minimum atomic E-state index is 0.936. The van der Waals surface area contributed by atoms with Gasteiger partial charge in [0, 0.05) is 0 Å². The van der Waals surface area contributed by atoms with Crippen LogP contribution in [0.25, 0.3) is 0 Å². The van der Waals surface area contributed by atoms with E-state index in [0.717, 1.165) is 29.9 Å². The molecule has 0 atom stereocenters. The van der Waals surface area contributed by atoms with E-state index in [0.29, 0.717) is 0 Å². The molecule has 0 nitrogen and oxygen atoms in total. The standard InChI is InChI=1S/C5H12Se2/c1-6-4-3-5-7-2/h3-5H2,1-2H3. The molecule has 0 saturated carbocycles. The van der Waals surface area contributed by atoms with Gasteiger partial charge in [0.15, 0.2) is 0 Å². The number of rotatable bonds is 4. The van der Waals surface area contributed by atoms with Crippen molar-refractivity contribution in [1.82, 2.24) is 0 Å². The second-order valence-electron chi connectivity index (χ2n) is 1.34. The summed E-state index contributed by atoms with van der Waals surface area (Å²) in [5, 5.41) is 3.01. The van der Waals surface area contributed by atoms with Gasteiger partial charge in [-0.15, -0.1) is 0 Å². The molecule has 0 spiro atoms. The van der Waals surface area contributed by atoms with E-state index < -0.39 is 0 Å². The Morgan fingerprint density at radius 1 is 1.00 bits per heavy atom. The van der Waals surface area contributed by atoms with Crippen molar-refractivity contribution in [3.63, 3.8) is 0 Å². The second kappa shape index (κ2) is 7.04. The van der Waals surface area contributed by atoms with Crippen molar-refractivity contribution in [2.45, 2.75) is 28.7 Å². The molecule has 0 N–H and O–H groups in total. The molecule has 0 radical (unpaired) electrons. The summed E-state index contributed by atoms with van der Waals surface area (Å²) in [6, 6.07) is 0. The fourth-order valence-electron chi connectivity index (χ4n) is 0.348. The predicted octanol–water partition coefficient (Wildman–Crippen LogP) is 1.72. The van der Waals surface area contributed by atoms with Gasteiger partial charge in [-0.1, -0.05) is 0 Å². The average Bonchev–Trinajstić information content (AvgIpc) is 1.69. The molecule has 0 aromatic heterocycles. The van der Waals surface area contributed by atoms with E-state index in [4.69, 9.17) is 0 Å². The van der Waals surface area contributed by atoms with Crippen LogP contribution < -0.4 is 0 Å². The summed E-state index contributed by atoms with van der Waals surface area (Å²) in [7, 11) is 0. The van der Waals surface area contributed by atoms with Crippen LogP contribution in [0.2, 0.25) is 22.3 Å². The predicted molar refractivity (Wildman–Crippen MR) is 37.5 cm³/mol. The number of hydrogen-bond donors (Lipinski definition) is 0. The fourth-order valence-corrected chi connectivity index (χ4v) is 3.09. The third kappa shape index (κ3) is 7.04. The van der Waals surface area contributed by atoms with Crippen LogP contribution in [0.3, 0.4) is 0 Å². The molecule has 0 amide bonds. The van der Waals surface area contributed by atoms with Gasteiger partial charge in [-0.05, 0) is 0 Å². The van der Waals surface area contributed by atoms with Crippen molar-refractivity contribution in [1.29, 1.82) is 0 Å². The molecular formula is C5H12Se2. The number of hydrogen-bond acceptors (Lipinski definition) is 0. The summed E-state index contributed by atoms with van der Waals surface area (Å²) in [6.45, 7) is 0. The first kappa shape index (κ1) is 8.04. The van der Waals surface area contributed by atoms with E-state index in [2.05, 4.69) is 11.6 Å². The van der Waals surface area contributed by atoms with Crippen molar-refractivity contribution >= 4 is 29.9 Å². The van der Waals surface area contributed by atoms with Crippen LogP contribution >= 0.6 is 0 Å². The van der Waals surface area contributed by atoms with Crippen LogP contribution in [0.5, 0.6) is 0 Å². The molecule has 0 aliphatic heterocycles. The molecule has 0 fully saturated rings. The zero-order chi connectivity index (χ0) is 5.54. The van der Waals surface area contributed by atoms with Gasteiger partial charge in [-0.3, -0.25) is 0 Å². The first-order valence-electron chi connectivity index (χ1n) is 2.39. The first-order chi connectivity index (χ1) is 3.41. The molecule has 0 aliphatic rings. The molecular weight excluding hydrogens is 218 g/mol. The summed E-state index contributed by atoms with van der Waals surface area (Å²) < 4.78 is 0. The van der Waals surface area contributed by atoms with Gasteiger partial charge < -0.3 is 0 Å². The SMILES string of the molecule is C[Se]CCC[Se]C. The van der Waals surface area contributed by atoms with E-state index in [9.17, 15) is 0 Å². The van der Waals surface area contributed by atoms with Gasteiger partial charge in [0.1, 0.15) is 0 Å². The van der Waals surface area contributed by atoms with Gasteiger partial charge in [0.2, 0.25) is 0 Å². The molecule has 0 aromatic rings. The van der Waals surface area contributed by atoms with E-state index >= 15 is 0 Å². The molecule has 0 aliphatic carbocycles. The van der Waals surface area contributed by atoms with Gasteiger partial charge in [-0.2, -0.15) is 0 Å². The molecule has 7 heavy (non-hydrogen) atoms. The van der Waals surface area contributed by atoms with Gasteiger partial charge >= 0.3 is 58.6 Å². The topological polar surface area (TPSA) is 0 Å². The first-order valence-corrected chi connectivity index (χ1v) is 8.24. The monoisotopic (exact) mass is 232 g/mol. The molecule has 44 valence electrons. The van der Waals surface area contributed by atoms with Crippen molar-refractivity contribution in [3.05, 3.63) is 0 Å². The Bertz CT molecular complexity index is 25.3. The van der Waals surface area contributed by atoms with Gasteiger partial charge in [0.25, 0.3) is 0 Å². The fraction of sp³-hybridized carbons (Fsp3) is 1.00. The third-order valence-corrected chi connectivity index (χ3v) is 3.62. The quantitative estimate of drug-likeness (QED) is 0.509. The third-order valence-electron chi connectivity index (χ3n) is 0.697. The average molecular weight is 230 g/mol. The van der Waals surface area contributed by atoms with Crippen LogP contribution in [0.4, 0.5) is 0 Å². The van der Waals surface area contributed by atoms with Gasteiger partial charge in [0.05, 0.1) is 0 Å². The molecule has 0 unspecified atom stereocenters. The summed E-state index contributed by atoms with van der Waals surface area (Å²) >= 11 is 1.87. The Labute approximate surface area is 58.8 Å². The summed E-state index contributed by atoms with van der Waals surface area (Å²) in [5.74, 6) is 4.63. The van der Waals surface area contributed by atoms with Crippen LogP contribution in [0, 0.1) is 0 Å². The Kier molecular flexibility index (Phi) is 8.08. The van der Waals surface area contributed by atoms with E-state index in [-0.39, 0.29) is 0 Å². The molecule has 0 rings (SSSR count). The van der Waals surface area contributed by atoms with Crippen molar-refractivity contribution in [2.75, 3.05) is 0 Å². The molecule has 0 saturated heterocycles. The van der Waals surface area contributed by atoms with Crippen molar-refractivity contribution in [2.24, 2.45) is 0 Å². The Morgan fingerprint density at radius 2 is 1.43 bits per heavy atom. The van der Waals surface area contributed by atoms with Crippen LogP contribution in [0.15, 0.2) is 0 Å². The van der Waals surface area contributed by atoms with Crippen molar-refractivity contribution < 1.29 is 0 Å². The molecule has 0 aromatic carbocycles. The molecule has 2 heteroatoms. The van der Waals surface area contributed by atoms with Gasteiger partial charge in [-0.25, -0.2) is 0 Å². The van der Waals surface area contributed by atoms with Crippen LogP contribution in [-0.2, 0) is 0 Å². The van der Waals surface area contributed by atoms with Crippen LogP contribution in [-0.4, -0.2) is 29.9 Å². The normalized spacial score (nSPS) is 9.43. The molecule has 0 bridgehead atoms. The molecule has 0 heterocycles. The minimum absolute atomic E-state index is 0.936. The summed E-state index contributed by atoms with van der Waals surface area (Å²) in [6.07, 6.45) is 1.49. The van der Waals surface area contributed by atoms with E-state index in [1.54, 1.807) is 0 Å². The zero-order valence-electron chi connectivity index (χ0n) is 4.94. The van der Waals surface area contributed by atoms with Crippen molar-refractivity contribution in [3.8, 4) is 0 Å². The van der Waals surface area contributed by atoms with Crippen LogP contribution in [0.1, 0.15) is 6.42 Å². The van der Waals surface area contributed by atoms with E-state index in [1.807, 2.05) is 0 Å². The van der Waals surface area contributed by atoms with E-state index in [1.165, 1.54) is 17.1 Å². The Hall–Kier alpha value is 1.04. The summed E-state index contributed by atoms with van der Waals surface area (Å²) in [5.41, 5.74) is 0. The maximum absolute atomic E-state index is 2.32. The Balaban J connectivity index is 2.45. The zero-order valence-corrected chi connectivity index (χ0v) is 8.36. The summed E-state index contributed by atoms with van der Waals surface area (Å²) in [4.78, 5) is 0. The maximum atomic E-state index is 2.32. The second-order valence-corrected chi connectivity index (χ2v) is 5.47. The Morgan fingerprint density at radius 3 is 1.71 bits per heavy atom.